The van der Waals surface area contributed by atoms with Gasteiger partial charge in [0.2, 0.25) is 0 Å². The van der Waals surface area contributed by atoms with E-state index in [-0.39, 0.29) is 0 Å². The third kappa shape index (κ3) is 1.22. The lowest BCUT2D eigenvalue weighted by molar-refractivity contribution is 0.912. The number of hydrogen-bond acceptors (Lipinski definition) is 2. The zero-order valence-corrected chi connectivity index (χ0v) is 6.83. The second kappa shape index (κ2) is 2.70. The lowest BCUT2D eigenvalue weighted by Gasteiger charge is -1.96. The number of aromatic nitrogens is 1. The van der Waals surface area contributed by atoms with Crippen molar-refractivity contribution in [1.29, 1.82) is 0 Å². The second-order valence-electron chi connectivity index (χ2n) is 2.58. The predicted octanol–water partition coefficient (Wildman–Crippen LogP) is 0.845. The summed E-state index contributed by atoms with van der Waals surface area (Å²) < 4.78 is 1.95. The summed E-state index contributed by atoms with van der Waals surface area (Å²) in [6.07, 6.45) is 5.26. The number of nitrogens with two attached hydrogens (primary N) is 2. The number of nitrogens with zero attached hydrogens (tertiary/aromatic N) is 1. The summed E-state index contributed by atoms with van der Waals surface area (Å²) in [6.45, 7) is 1.98. The molecule has 0 saturated heterocycles. The fourth-order valence-corrected chi connectivity index (χ4v) is 1.12. The van der Waals surface area contributed by atoms with Crippen molar-refractivity contribution in [2.45, 2.75) is 6.92 Å². The predicted molar refractivity (Wildman–Crippen MR) is 47.8 cm³/mol. The van der Waals surface area contributed by atoms with Crippen molar-refractivity contribution < 1.29 is 0 Å². The zero-order chi connectivity index (χ0) is 8.43. The van der Waals surface area contributed by atoms with E-state index in [1.54, 1.807) is 6.08 Å². The van der Waals surface area contributed by atoms with Crippen LogP contribution in [0.15, 0.2) is 12.4 Å². The maximum absolute atomic E-state index is 5.76. The molecule has 1 heterocycles. The quantitative estimate of drug-likeness (QED) is 0.625. The van der Waals surface area contributed by atoms with E-state index in [1.165, 1.54) is 6.20 Å². The van der Waals surface area contributed by atoms with Gasteiger partial charge in [-0.25, -0.2) is 0 Å². The van der Waals surface area contributed by atoms with Crippen LogP contribution in [-0.4, -0.2) is 4.57 Å². The number of hydrogen-bond donors (Lipinski definition) is 2. The Morgan fingerprint density at radius 2 is 2.18 bits per heavy atom. The van der Waals surface area contributed by atoms with Gasteiger partial charge < -0.3 is 16.0 Å². The molecule has 11 heavy (non-hydrogen) atoms. The van der Waals surface area contributed by atoms with Crippen LogP contribution in [0.5, 0.6) is 0 Å². The Bertz CT molecular complexity index is 284. The number of aryl methyl sites for hydroxylation is 2. The molecule has 4 N–H and O–H groups in total. The molecule has 1 aromatic heterocycles. The first kappa shape index (κ1) is 7.72. The molecule has 3 nitrogen and oxygen atoms in total. The molecule has 0 unspecified atom stereocenters. The monoisotopic (exact) mass is 151 g/mol. The van der Waals surface area contributed by atoms with Crippen LogP contribution in [0.1, 0.15) is 11.3 Å². The third-order valence-corrected chi connectivity index (χ3v) is 1.72. The fourth-order valence-electron chi connectivity index (χ4n) is 1.12. The molecule has 3 heteroatoms. The Labute approximate surface area is 66.3 Å². The molecule has 0 atom stereocenters. The summed E-state index contributed by atoms with van der Waals surface area (Å²) in [4.78, 5) is 0. The van der Waals surface area contributed by atoms with Crippen LogP contribution in [0.4, 0.5) is 5.69 Å². The molecule has 0 aromatic carbocycles. The Morgan fingerprint density at radius 1 is 1.55 bits per heavy atom. The summed E-state index contributed by atoms with van der Waals surface area (Å²) in [6, 6.07) is 0. The zero-order valence-electron chi connectivity index (χ0n) is 6.83. The first-order chi connectivity index (χ1) is 5.16. The topological polar surface area (TPSA) is 57.0 Å². The van der Waals surface area contributed by atoms with E-state index in [9.17, 15) is 0 Å². The lowest BCUT2D eigenvalue weighted by Crippen LogP contribution is -1.93. The van der Waals surface area contributed by atoms with Gasteiger partial charge in [-0.1, -0.05) is 0 Å². The summed E-state index contributed by atoms with van der Waals surface area (Å²) >= 11 is 0. The molecular weight excluding hydrogens is 138 g/mol. The molecular formula is C8H13N3. The molecule has 0 amide bonds. The van der Waals surface area contributed by atoms with Crippen molar-refractivity contribution in [2.24, 2.45) is 12.8 Å². The first-order valence-corrected chi connectivity index (χ1v) is 3.46. The standard InChI is InChI=1S/C8H13N3/c1-6-5-11(2)7(3-4-9)8(6)10/h3-5H,9-10H2,1-2H3/b4-3-. The van der Waals surface area contributed by atoms with Crippen LogP contribution in [0.2, 0.25) is 0 Å². The van der Waals surface area contributed by atoms with E-state index in [0.29, 0.717) is 0 Å². The average molecular weight is 151 g/mol. The van der Waals surface area contributed by atoms with Gasteiger partial charge in [-0.15, -0.1) is 0 Å². The molecule has 60 valence electrons. The van der Waals surface area contributed by atoms with E-state index >= 15 is 0 Å². The first-order valence-electron chi connectivity index (χ1n) is 3.46. The van der Waals surface area contributed by atoms with E-state index in [0.717, 1.165) is 16.9 Å². The van der Waals surface area contributed by atoms with Crippen LogP contribution in [0.25, 0.3) is 6.08 Å². The molecule has 1 rings (SSSR count). The smallest absolute Gasteiger partial charge is 0.0654 e. The minimum atomic E-state index is 0.800. The largest absolute Gasteiger partial charge is 0.405 e. The highest BCUT2D eigenvalue weighted by Gasteiger charge is 2.03. The third-order valence-electron chi connectivity index (χ3n) is 1.72. The second-order valence-corrected chi connectivity index (χ2v) is 2.58. The number of nitrogen functional groups attached to an aromatic ring is 1. The normalized spacial score (nSPS) is 11.1. The Kier molecular flexibility index (Phi) is 1.89. The molecule has 0 aliphatic carbocycles. The van der Waals surface area contributed by atoms with Gasteiger partial charge >= 0.3 is 0 Å². The Hall–Kier alpha value is -1.38. The van der Waals surface area contributed by atoms with Crippen molar-refractivity contribution in [2.75, 3.05) is 5.73 Å². The highest BCUT2D eigenvalue weighted by atomic mass is 14.9. The molecule has 0 saturated carbocycles. The fraction of sp³-hybridized carbons (Fsp3) is 0.250. The molecule has 0 fully saturated rings. The molecule has 1 aromatic rings. The Morgan fingerprint density at radius 3 is 2.55 bits per heavy atom. The minimum Gasteiger partial charge on any atom is -0.405 e. The number of rotatable bonds is 1. The van der Waals surface area contributed by atoms with Crippen LogP contribution in [-0.2, 0) is 7.05 Å². The van der Waals surface area contributed by atoms with Gasteiger partial charge in [0.25, 0.3) is 0 Å². The highest BCUT2D eigenvalue weighted by molar-refractivity contribution is 5.65. The van der Waals surface area contributed by atoms with E-state index in [1.807, 2.05) is 24.7 Å². The SMILES string of the molecule is Cc1cn(C)c(/C=C\N)c1N. The van der Waals surface area contributed by atoms with Crippen LogP contribution >= 0.6 is 0 Å². The lowest BCUT2D eigenvalue weighted by atomic mass is 10.3. The van der Waals surface area contributed by atoms with Gasteiger partial charge in [-0.3, -0.25) is 0 Å². The Balaban J connectivity index is 3.22. The molecule has 0 aliphatic rings. The van der Waals surface area contributed by atoms with E-state index in [2.05, 4.69) is 0 Å². The van der Waals surface area contributed by atoms with Crippen molar-refractivity contribution >= 4 is 11.8 Å². The summed E-state index contributed by atoms with van der Waals surface area (Å²) in [5.41, 5.74) is 13.9. The van der Waals surface area contributed by atoms with E-state index < -0.39 is 0 Å². The van der Waals surface area contributed by atoms with Gasteiger partial charge in [0.1, 0.15) is 0 Å². The summed E-state index contributed by atoms with van der Waals surface area (Å²) in [5, 5.41) is 0. The van der Waals surface area contributed by atoms with E-state index in [4.69, 9.17) is 11.5 Å². The van der Waals surface area contributed by atoms with Gasteiger partial charge in [0.15, 0.2) is 0 Å². The maximum atomic E-state index is 5.76. The molecule has 0 bridgehead atoms. The summed E-state index contributed by atoms with van der Waals surface area (Å²) in [5.74, 6) is 0. The van der Waals surface area contributed by atoms with Gasteiger partial charge in [0.05, 0.1) is 11.4 Å². The van der Waals surface area contributed by atoms with Gasteiger partial charge in [-0.2, -0.15) is 0 Å². The van der Waals surface area contributed by atoms with Crippen LogP contribution in [0, 0.1) is 6.92 Å². The molecule has 0 spiro atoms. The van der Waals surface area contributed by atoms with Crippen molar-refractivity contribution in [3.05, 3.63) is 23.7 Å². The van der Waals surface area contributed by atoms with Crippen molar-refractivity contribution in [3.63, 3.8) is 0 Å². The average Bonchev–Trinajstić information content (AvgIpc) is 2.17. The maximum Gasteiger partial charge on any atom is 0.0654 e. The van der Waals surface area contributed by atoms with Gasteiger partial charge in [0, 0.05) is 13.2 Å². The van der Waals surface area contributed by atoms with Crippen molar-refractivity contribution in [1.82, 2.24) is 4.57 Å². The molecule has 0 radical (unpaired) electrons. The highest BCUT2D eigenvalue weighted by Crippen LogP contribution is 2.18. The van der Waals surface area contributed by atoms with Gasteiger partial charge in [-0.05, 0) is 24.8 Å². The van der Waals surface area contributed by atoms with Crippen LogP contribution in [0.3, 0.4) is 0 Å². The summed E-state index contributed by atoms with van der Waals surface area (Å²) in [7, 11) is 1.94. The van der Waals surface area contributed by atoms with Crippen LogP contribution < -0.4 is 11.5 Å². The minimum absolute atomic E-state index is 0.800. The molecule has 0 aliphatic heterocycles. The van der Waals surface area contributed by atoms with Crippen molar-refractivity contribution in [3.8, 4) is 0 Å². The number of anilines is 1.